The van der Waals surface area contributed by atoms with Gasteiger partial charge in [0.2, 0.25) is 5.91 Å². The average molecular weight is 349 g/mol. The molecule has 4 heteroatoms. The molecule has 1 aromatic rings. The van der Waals surface area contributed by atoms with Gasteiger partial charge < -0.3 is 5.32 Å². The molecule has 1 aliphatic carbocycles. The van der Waals surface area contributed by atoms with E-state index < -0.39 is 0 Å². The Kier molecular flexibility index (Phi) is 6.56. The minimum atomic E-state index is 0.140. The SMILES string of the molecule is O=C(NC1CCCCCC1)C1CCCN(Cc2cccc(Cl)c2)C1. The van der Waals surface area contributed by atoms with Crippen molar-refractivity contribution in [3.05, 3.63) is 34.9 Å². The highest BCUT2D eigenvalue weighted by atomic mass is 35.5. The van der Waals surface area contributed by atoms with Crippen LogP contribution in [0.2, 0.25) is 5.02 Å². The van der Waals surface area contributed by atoms with E-state index in [2.05, 4.69) is 16.3 Å². The molecule has 0 spiro atoms. The molecule has 2 aliphatic rings. The highest BCUT2D eigenvalue weighted by molar-refractivity contribution is 6.30. The van der Waals surface area contributed by atoms with Gasteiger partial charge in [0.25, 0.3) is 0 Å². The van der Waals surface area contributed by atoms with Gasteiger partial charge in [-0.3, -0.25) is 9.69 Å². The lowest BCUT2D eigenvalue weighted by atomic mass is 9.95. The molecule has 1 aromatic carbocycles. The smallest absolute Gasteiger partial charge is 0.224 e. The van der Waals surface area contributed by atoms with Crippen LogP contribution in [0.15, 0.2) is 24.3 Å². The topological polar surface area (TPSA) is 32.3 Å². The van der Waals surface area contributed by atoms with Crippen molar-refractivity contribution in [2.24, 2.45) is 5.92 Å². The van der Waals surface area contributed by atoms with Gasteiger partial charge in [0, 0.05) is 24.2 Å². The fraction of sp³-hybridized carbons (Fsp3) is 0.650. The molecule has 24 heavy (non-hydrogen) atoms. The van der Waals surface area contributed by atoms with Crippen LogP contribution in [0.4, 0.5) is 0 Å². The maximum absolute atomic E-state index is 12.7. The lowest BCUT2D eigenvalue weighted by Gasteiger charge is -2.33. The predicted molar refractivity (Wildman–Crippen MR) is 99.1 cm³/mol. The standard InChI is InChI=1S/C20H29ClN2O/c21-18-9-5-7-16(13-18)14-23-12-6-8-17(15-23)20(24)22-19-10-3-1-2-4-11-19/h5,7,9,13,17,19H,1-4,6,8,10-12,14-15H2,(H,22,24). The maximum Gasteiger partial charge on any atom is 0.224 e. The summed E-state index contributed by atoms with van der Waals surface area (Å²) < 4.78 is 0. The van der Waals surface area contributed by atoms with Crippen LogP contribution in [0.5, 0.6) is 0 Å². The van der Waals surface area contributed by atoms with Crippen LogP contribution in [0, 0.1) is 5.92 Å². The zero-order valence-corrected chi connectivity index (χ0v) is 15.2. The first kappa shape index (κ1) is 17.8. The van der Waals surface area contributed by atoms with Gasteiger partial charge in [0.1, 0.15) is 0 Å². The summed E-state index contributed by atoms with van der Waals surface area (Å²) in [5, 5.41) is 4.12. The fourth-order valence-electron chi connectivity index (χ4n) is 4.05. The van der Waals surface area contributed by atoms with Gasteiger partial charge in [-0.25, -0.2) is 0 Å². The third-order valence-corrected chi connectivity index (χ3v) is 5.61. The molecular weight excluding hydrogens is 320 g/mol. The second-order valence-corrected chi connectivity index (χ2v) is 7.84. The largest absolute Gasteiger partial charge is 0.353 e. The molecule has 132 valence electrons. The number of hydrogen-bond donors (Lipinski definition) is 1. The number of halogens is 1. The van der Waals surface area contributed by atoms with E-state index in [0.717, 1.165) is 50.3 Å². The van der Waals surface area contributed by atoms with Gasteiger partial charge >= 0.3 is 0 Å². The number of amides is 1. The van der Waals surface area contributed by atoms with E-state index in [1.54, 1.807) is 0 Å². The lowest BCUT2D eigenvalue weighted by molar-refractivity contribution is -0.127. The average Bonchev–Trinajstić information content (AvgIpc) is 2.84. The van der Waals surface area contributed by atoms with E-state index in [4.69, 9.17) is 11.6 Å². The first-order chi connectivity index (χ1) is 11.7. The van der Waals surface area contributed by atoms with Crippen LogP contribution >= 0.6 is 11.6 Å². The summed E-state index contributed by atoms with van der Waals surface area (Å²) in [5.41, 5.74) is 1.23. The van der Waals surface area contributed by atoms with Gasteiger partial charge in [-0.05, 0) is 49.9 Å². The number of carbonyl (C=O) groups is 1. The molecule has 1 amide bonds. The normalized spacial score (nSPS) is 23.6. The van der Waals surface area contributed by atoms with Gasteiger partial charge in [0.15, 0.2) is 0 Å². The Labute approximate surface area is 150 Å². The van der Waals surface area contributed by atoms with Crippen molar-refractivity contribution in [1.29, 1.82) is 0 Å². The summed E-state index contributed by atoms with van der Waals surface area (Å²) in [5.74, 6) is 0.416. The van der Waals surface area contributed by atoms with Crippen LogP contribution in [-0.4, -0.2) is 29.9 Å². The minimum Gasteiger partial charge on any atom is -0.353 e. The Hall–Kier alpha value is -1.06. The summed E-state index contributed by atoms with van der Waals surface area (Å²) in [7, 11) is 0. The van der Waals surface area contributed by atoms with Crippen LogP contribution < -0.4 is 5.32 Å². The monoisotopic (exact) mass is 348 g/mol. The third kappa shape index (κ3) is 5.22. The predicted octanol–water partition coefficient (Wildman–Crippen LogP) is 4.39. The van der Waals surface area contributed by atoms with Crippen LogP contribution in [-0.2, 0) is 11.3 Å². The van der Waals surface area contributed by atoms with Crippen molar-refractivity contribution in [3.63, 3.8) is 0 Å². The molecule has 0 bridgehead atoms. The Morgan fingerprint density at radius 1 is 1.12 bits per heavy atom. The third-order valence-electron chi connectivity index (χ3n) is 5.37. The van der Waals surface area contributed by atoms with E-state index in [1.807, 2.05) is 18.2 Å². The molecule has 1 aliphatic heterocycles. The van der Waals surface area contributed by atoms with Crippen LogP contribution in [0.1, 0.15) is 56.9 Å². The second kappa shape index (κ2) is 8.87. The Balaban J connectivity index is 1.51. The van der Waals surface area contributed by atoms with E-state index >= 15 is 0 Å². The zero-order chi connectivity index (χ0) is 16.8. The first-order valence-corrected chi connectivity index (χ1v) is 9.86. The number of piperidine rings is 1. The Morgan fingerprint density at radius 3 is 2.67 bits per heavy atom. The summed E-state index contributed by atoms with van der Waals surface area (Å²) in [6.07, 6.45) is 9.60. The molecule has 1 N–H and O–H groups in total. The summed E-state index contributed by atoms with van der Waals surface area (Å²) in [6, 6.07) is 8.45. The molecule has 1 saturated carbocycles. The van der Waals surface area contributed by atoms with Crippen molar-refractivity contribution in [2.75, 3.05) is 13.1 Å². The molecule has 2 fully saturated rings. The van der Waals surface area contributed by atoms with Crippen molar-refractivity contribution in [1.82, 2.24) is 10.2 Å². The van der Waals surface area contributed by atoms with E-state index in [-0.39, 0.29) is 11.8 Å². The molecule has 0 radical (unpaired) electrons. The van der Waals surface area contributed by atoms with Gasteiger partial charge in [-0.1, -0.05) is 49.4 Å². The molecule has 1 saturated heterocycles. The van der Waals surface area contributed by atoms with Crippen molar-refractivity contribution in [2.45, 2.75) is 64.0 Å². The summed E-state index contributed by atoms with van der Waals surface area (Å²) in [4.78, 5) is 15.1. The van der Waals surface area contributed by atoms with Crippen LogP contribution in [0.3, 0.4) is 0 Å². The van der Waals surface area contributed by atoms with Gasteiger partial charge in [-0.2, -0.15) is 0 Å². The minimum absolute atomic E-state index is 0.140. The molecule has 1 heterocycles. The van der Waals surface area contributed by atoms with Gasteiger partial charge in [-0.15, -0.1) is 0 Å². The number of hydrogen-bond acceptors (Lipinski definition) is 2. The van der Waals surface area contributed by atoms with Crippen molar-refractivity contribution in [3.8, 4) is 0 Å². The molecule has 1 atom stereocenters. The number of nitrogens with zero attached hydrogens (tertiary/aromatic N) is 1. The van der Waals surface area contributed by atoms with E-state index in [1.165, 1.54) is 31.2 Å². The quantitative estimate of drug-likeness (QED) is 0.818. The number of rotatable bonds is 4. The fourth-order valence-corrected chi connectivity index (χ4v) is 4.26. The van der Waals surface area contributed by atoms with Crippen molar-refractivity contribution >= 4 is 17.5 Å². The summed E-state index contributed by atoms with van der Waals surface area (Å²) >= 11 is 6.08. The Bertz CT molecular complexity index is 540. The Morgan fingerprint density at radius 2 is 1.92 bits per heavy atom. The number of likely N-dealkylation sites (tertiary alicyclic amines) is 1. The highest BCUT2D eigenvalue weighted by Gasteiger charge is 2.27. The van der Waals surface area contributed by atoms with E-state index in [0.29, 0.717) is 6.04 Å². The molecule has 3 nitrogen and oxygen atoms in total. The number of nitrogens with one attached hydrogen (secondary N) is 1. The number of carbonyl (C=O) groups excluding carboxylic acids is 1. The van der Waals surface area contributed by atoms with Crippen LogP contribution in [0.25, 0.3) is 0 Å². The molecular formula is C20H29ClN2O. The summed E-state index contributed by atoms with van der Waals surface area (Å²) in [6.45, 7) is 2.82. The second-order valence-electron chi connectivity index (χ2n) is 7.40. The maximum atomic E-state index is 12.7. The van der Waals surface area contributed by atoms with Crippen molar-refractivity contribution < 1.29 is 4.79 Å². The number of benzene rings is 1. The van der Waals surface area contributed by atoms with Gasteiger partial charge in [0.05, 0.1) is 5.92 Å². The first-order valence-electron chi connectivity index (χ1n) is 9.48. The lowest BCUT2D eigenvalue weighted by Crippen LogP contribution is -2.45. The molecule has 1 unspecified atom stereocenters. The highest BCUT2D eigenvalue weighted by Crippen LogP contribution is 2.22. The zero-order valence-electron chi connectivity index (χ0n) is 14.5. The van der Waals surface area contributed by atoms with E-state index in [9.17, 15) is 4.79 Å². The molecule has 3 rings (SSSR count). The molecule has 0 aromatic heterocycles.